The normalized spacial score (nSPS) is 15.9. The molecule has 0 radical (unpaired) electrons. The Bertz CT molecular complexity index is 1050. The van der Waals surface area contributed by atoms with Crippen molar-refractivity contribution in [3.8, 4) is 0 Å². The fourth-order valence-electron chi connectivity index (χ4n) is 3.72. The fourth-order valence-corrected chi connectivity index (χ4v) is 4.56. The topological polar surface area (TPSA) is 62.7 Å². The van der Waals surface area contributed by atoms with Crippen molar-refractivity contribution in [1.82, 2.24) is 14.8 Å². The van der Waals surface area contributed by atoms with Crippen molar-refractivity contribution in [3.05, 3.63) is 64.1 Å². The van der Waals surface area contributed by atoms with E-state index in [0.29, 0.717) is 43.4 Å². The third kappa shape index (κ3) is 4.33. The van der Waals surface area contributed by atoms with Crippen LogP contribution in [0.4, 0.5) is 0 Å². The van der Waals surface area contributed by atoms with Crippen LogP contribution < -0.4 is 0 Å². The van der Waals surface area contributed by atoms with E-state index in [9.17, 15) is 9.59 Å². The highest BCUT2D eigenvalue weighted by molar-refractivity contribution is 7.16. The predicted octanol–water partition coefficient (Wildman–Crippen LogP) is 4.01. The Balaban J connectivity index is 1.47. The summed E-state index contributed by atoms with van der Waals surface area (Å²) in [5.74, 6) is -0.278. The van der Waals surface area contributed by atoms with Gasteiger partial charge in [-0.3, -0.25) is 9.69 Å². The third-order valence-corrected chi connectivity index (χ3v) is 6.28. The van der Waals surface area contributed by atoms with Gasteiger partial charge in [-0.15, -0.1) is 11.3 Å². The first-order chi connectivity index (χ1) is 14.6. The summed E-state index contributed by atoms with van der Waals surface area (Å²) in [5, 5.41) is 0.620. The number of nitrogens with zero attached hydrogens (tertiary/aromatic N) is 3. The highest BCUT2D eigenvalue weighted by atomic mass is 35.5. The van der Waals surface area contributed by atoms with E-state index in [2.05, 4.69) is 9.88 Å². The van der Waals surface area contributed by atoms with Crippen molar-refractivity contribution < 1.29 is 14.3 Å². The molecule has 156 valence electrons. The number of carbonyl (C=O) groups excluding carboxylic acids is 2. The van der Waals surface area contributed by atoms with Crippen LogP contribution in [0.5, 0.6) is 0 Å². The molecule has 6 nitrogen and oxygen atoms in total. The molecule has 8 heteroatoms. The highest BCUT2D eigenvalue weighted by Gasteiger charge is 2.33. The molecular formula is C22H22ClN3O3S. The smallest absolute Gasteiger partial charge is 0.328 e. The van der Waals surface area contributed by atoms with Gasteiger partial charge in [0.25, 0.3) is 5.91 Å². The maximum Gasteiger partial charge on any atom is 0.328 e. The lowest BCUT2D eigenvalue weighted by Crippen LogP contribution is -2.51. The summed E-state index contributed by atoms with van der Waals surface area (Å²) in [6.45, 7) is 4.38. The maximum absolute atomic E-state index is 13.0. The average Bonchev–Trinajstić information content (AvgIpc) is 3.23. The van der Waals surface area contributed by atoms with Gasteiger partial charge in [-0.1, -0.05) is 23.7 Å². The molecule has 30 heavy (non-hydrogen) atoms. The second-order valence-corrected chi connectivity index (χ2v) is 8.39. The van der Waals surface area contributed by atoms with Crippen molar-refractivity contribution in [3.63, 3.8) is 0 Å². The third-order valence-electron chi connectivity index (χ3n) is 5.24. The van der Waals surface area contributed by atoms with Crippen LogP contribution in [0.2, 0.25) is 5.02 Å². The zero-order valence-corrected chi connectivity index (χ0v) is 18.2. The number of thiazole rings is 1. The molecule has 0 N–H and O–H groups in total. The standard InChI is InChI=1S/C22H22ClN3O3S/c1-2-29-22(28)20(15-3-6-17(23)7-4-15)25-9-11-26(12-10-25)21(27)16-5-8-18-19(13-16)30-14-24-18/h3-8,13-14,20H,2,9-12H2,1H3/t20-/m0/s1. The van der Waals surface area contributed by atoms with Crippen LogP contribution in [-0.2, 0) is 9.53 Å². The average molecular weight is 444 g/mol. The SMILES string of the molecule is CCOC(=O)[C@H](c1ccc(Cl)cc1)N1CCN(C(=O)c2ccc3ncsc3c2)CC1. The molecule has 0 saturated carbocycles. The molecule has 0 bridgehead atoms. The zero-order valence-electron chi connectivity index (χ0n) is 16.6. The Labute approximate surface area is 184 Å². The van der Waals surface area contributed by atoms with E-state index in [1.165, 1.54) is 11.3 Å². The van der Waals surface area contributed by atoms with Gasteiger partial charge >= 0.3 is 5.97 Å². The van der Waals surface area contributed by atoms with E-state index in [1.54, 1.807) is 24.6 Å². The van der Waals surface area contributed by atoms with Gasteiger partial charge in [0.1, 0.15) is 6.04 Å². The van der Waals surface area contributed by atoms with Crippen molar-refractivity contribution in [2.24, 2.45) is 0 Å². The Morgan fingerprint density at radius 3 is 2.57 bits per heavy atom. The molecule has 0 spiro atoms. The molecule has 1 aliphatic rings. The number of esters is 1. The number of rotatable bonds is 5. The molecule has 1 aromatic heterocycles. The molecule has 1 saturated heterocycles. The molecule has 0 aliphatic carbocycles. The van der Waals surface area contributed by atoms with E-state index in [0.717, 1.165) is 15.8 Å². The number of hydrogen-bond acceptors (Lipinski definition) is 6. The number of ether oxygens (including phenoxy) is 1. The molecule has 1 aliphatic heterocycles. The van der Waals surface area contributed by atoms with E-state index in [1.807, 2.05) is 35.2 Å². The second kappa shape index (κ2) is 9.12. The lowest BCUT2D eigenvalue weighted by atomic mass is 10.0. The Kier molecular flexibility index (Phi) is 6.32. The van der Waals surface area contributed by atoms with Gasteiger partial charge in [0, 0.05) is 36.8 Å². The highest BCUT2D eigenvalue weighted by Crippen LogP contribution is 2.26. The first-order valence-electron chi connectivity index (χ1n) is 9.85. The predicted molar refractivity (Wildman–Crippen MR) is 118 cm³/mol. The monoisotopic (exact) mass is 443 g/mol. The molecule has 1 atom stereocenters. The van der Waals surface area contributed by atoms with Gasteiger partial charge in [0.05, 0.1) is 22.3 Å². The van der Waals surface area contributed by atoms with Crippen LogP contribution in [0.15, 0.2) is 48.0 Å². The lowest BCUT2D eigenvalue weighted by molar-refractivity contribution is -0.150. The molecule has 3 aromatic rings. The van der Waals surface area contributed by atoms with Gasteiger partial charge in [-0.2, -0.15) is 0 Å². The summed E-state index contributed by atoms with van der Waals surface area (Å²) in [4.78, 5) is 33.8. The number of carbonyl (C=O) groups is 2. The number of piperazine rings is 1. The molecule has 4 rings (SSSR count). The summed E-state index contributed by atoms with van der Waals surface area (Å²) < 4.78 is 6.32. The molecule has 1 fully saturated rings. The Morgan fingerprint density at radius 1 is 1.13 bits per heavy atom. The van der Waals surface area contributed by atoms with Gasteiger partial charge < -0.3 is 9.64 Å². The minimum absolute atomic E-state index is 0.00382. The van der Waals surface area contributed by atoms with Crippen LogP contribution in [0.1, 0.15) is 28.9 Å². The van der Waals surface area contributed by atoms with Crippen molar-refractivity contribution >= 4 is 45.0 Å². The van der Waals surface area contributed by atoms with Gasteiger partial charge in [0.2, 0.25) is 0 Å². The van der Waals surface area contributed by atoms with E-state index in [-0.39, 0.29) is 11.9 Å². The number of halogens is 1. The molecule has 0 unspecified atom stereocenters. The summed E-state index contributed by atoms with van der Waals surface area (Å²) >= 11 is 7.53. The van der Waals surface area contributed by atoms with Crippen LogP contribution in [-0.4, -0.2) is 59.4 Å². The number of aromatic nitrogens is 1. The summed E-state index contributed by atoms with van der Waals surface area (Å²) in [5.41, 5.74) is 4.19. The van der Waals surface area contributed by atoms with Crippen LogP contribution in [0, 0.1) is 0 Å². The molecule has 2 aromatic carbocycles. The van der Waals surface area contributed by atoms with E-state index < -0.39 is 6.04 Å². The summed E-state index contributed by atoms with van der Waals surface area (Å²) in [7, 11) is 0. The number of hydrogen-bond donors (Lipinski definition) is 0. The zero-order chi connectivity index (χ0) is 21.1. The van der Waals surface area contributed by atoms with E-state index in [4.69, 9.17) is 16.3 Å². The second-order valence-electron chi connectivity index (χ2n) is 7.07. The number of benzene rings is 2. The van der Waals surface area contributed by atoms with Gasteiger partial charge in [0.15, 0.2) is 0 Å². The Morgan fingerprint density at radius 2 is 1.87 bits per heavy atom. The minimum atomic E-state index is -0.506. The van der Waals surface area contributed by atoms with Crippen LogP contribution in [0.3, 0.4) is 0 Å². The quantitative estimate of drug-likeness (QED) is 0.557. The van der Waals surface area contributed by atoms with Crippen molar-refractivity contribution in [2.45, 2.75) is 13.0 Å². The summed E-state index contributed by atoms with van der Waals surface area (Å²) in [6, 6.07) is 12.4. The van der Waals surface area contributed by atoms with E-state index >= 15 is 0 Å². The Hall–Kier alpha value is -2.48. The minimum Gasteiger partial charge on any atom is -0.465 e. The first-order valence-corrected chi connectivity index (χ1v) is 11.1. The van der Waals surface area contributed by atoms with Crippen molar-refractivity contribution in [2.75, 3.05) is 32.8 Å². The molecule has 2 heterocycles. The number of amides is 1. The van der Waals surface area contributed by atoms with Gasteiger partial charge in [-0.25, -0.2) is 9.78 Å². The fraction of sp³-hybridized carbons (Fsp3) is 0.318. The molecule has 1 amide bonds. The molecular weight excluding hydrogens is 422 g/mol. The first kappa shape index (κ1) is 20.8. The van der Waals surface area contributed by atoms with Crippen LogP contribution >= 0.6 is 22.9 Å². The maximum atomic E-state index is 13.0. The number of fused-ring (bicyclic) bond motifs is 1. The summed E-state index contributed by atoms with van der Waals surface area (Å²) in [6.07, 6.45) is 0. The van der Waals surface area contributed by atoms with Crippen LogP contribution in [0.25, 0.3) is 10.2 Å². The van der Waals surface area contributed by atoms with Gasteiger partial charge in [-0.05, 0) is 42.8 Å². The lowest BCUT2D eigenvalue weighted by Gasteiger charge is -2.38. The largest absolute Gasteiger partial charge is 0.465 e. The van der Waals surface area contributed by atoms with Crippen molar-refractivity contribution in [1.29, 1.82) is 0 Å².